The summed E-state index contributed by atoms with van der Waals surface area (Å²) < 4.78 is 6.48. The molecule has 0 N–H and O–H groups in total. The molecule has 0 fully saturated rings. The van der Waals surface area contributed by atoms with Gasteiger partial charge in [-0.3, -0.25) is 0 Å². The number of nitrogens with zero attached hydrogens (tertiary/aromatic N) is 2. The Kier molecular flexibility index (Phi) is 7.54. The molecule has 10 aromatic carbocycles. The first-order valence-corrected chi connectivity index (χ1v) is 20.1. The standard InChI is InChI=1S/C56H34N2O/c1-3-15-36(16-4-1)52-44-21-9-10-22-45(44)53(54-42-19-8-7-14-35(42)30-31-48(52)54)41-29-27-38-32-40(28-26-39(38)33-41)49-34-50(58-56(57-49)37-17-5-2-6-18-37)47-24-13-23-46-43-20-11-12-25-51(43)59-55(46)47/h1-34H. The predicted molar refractivity (Wildman–Crippen MR) is 247 cm³/mol. The number of hydrogen-bond acceptors (Lipinski definition) is 3. The molecule has 0 saturated heterocycles. The van der Waals surface area contributed by atoms with Crippen LogP contribution in [0.25, 0.3) is 121 Å². The second-order valence-corrected chi connectivity index (χ2v) is 15.3. The molecule has 0 unspecified atom stereocenters. The van der Waals surface area contributed by atoms with E-state index in [4.69, 9.17) is 14.4 Å². The van der Waals surface area contributed by atoms with Crippen LogP contribution in [-0.2, 0) is 0 Å². The van der Waals surface area contributed by atoms with Crippen LogP contribution in [0.3, 0.4) is 0 Å². The molecule has 0 saturated carbocycles. The Morgan fingerprint density at radius 1 is 0.322 bits per heavy atom. The van der Waals surface area contributed by atoms with Gasteiger partial charge in [-0.2, -0.15) is 0 Å². The first-order valence-electron chi connectivity index (χ1n) is 20.1. The molecule has 0 amide bonds. The van der Waals surface area contributed by atoms with Gasteiger partial charge in [-0.05, 0) is 95.7 Å². The average molecular weight is 751 g/mol. The highest BCUT2D eigenvalue weighted by Gasteiger charge is 2.20. The molecule has 0 aliphatic heterocycles. The Labute approximate surface area is 340 Å². The van der Waals surface area contributed by atoms with E-state index >= 15 is 0 Å². The Hall–Kier alpha value is -7.88. The van der Waals surface area contributed by atoms with Gasteiger partial charge in [0.05, 0.1) is 11.4 Å². The Morgan fingerprint density at radius 2 is 0.915 bits per heavy atom. The van der Waals surface area contributed by atoms with Gasteiger partial charge < -0.3 is 4.42 Å². The monoisotopic (exact) mass is 750 g/mol. The van der Waals surface area contributed by atoms with Gasteiger partial charge in [0.1, 0.15) is 11.2 Å². The van der Waals surface area contributed by atoms with E-state index in [1.54, 1.807) is 0 Å². The third-order valence-electron chi connectivity index (χ3n) is 11.8. The number of benzene rings is 10. The maximum Gasteiger partial charge on any atom is 0.160 e. The van der Waals surface area contributed by atoms with E-state index in [0.717, 1.165) is 55.4 Å². The minimum absolute atomic E-state index is 0.673. The highest BCUT2D eigenvalue weighted by Crippen LogP contribution is 2.47. The maximum absolute atomic E-state index is 6.48. The number of para-hydroxylation sites is 2. The Morgan fingerprint density at radius 3 is 1.71 bits per heavy atom. The number of fused-ring (bicyclic) bond motifs is 8. The molecular formula is C56H34N2O. The molecule has 0 bridgehead atoms. The number of aromatic nitrogens is 2. The summed E-state index contributed by atoms with van der Waals surface area (Å²) in [6, 6.07) is 73.5. The van der Waals surface area contributed by atoms with E-state index in [1.807, 2.05) is 30.3 Å². The van der Waals surface area contributed by atoms with Crippen molar-refractivity contribution in [2.45, 2.75) is 0 Å². The lowest BCUT2D eigenvalue weighted by Gasteiger charge is -2.19. The summed E-state index contributed by atoms with van der Waals surface area (Å²) in [4.78, 5) is 10.3. The lowest BCUT2D eigenvalue weighted by Crippen LogP contribution is -1.96. The Bertz CT molecular complexity index is 3610. The molecule has 0 aliphatic rings. The second kappa shape index (κ2) is 13.4. The highest BCUT2D eigenvalue weighted by molar-refractivity contribution is 6.28. The van der Waals surface area contributed by atoms with Gasteiger partial charge in [0.15, 0.2) is 5.82 Å². The van der Waals surface area contributed by atoms with Crippen LogP contribution in [-0.4, -0.2) is 9.97 Å². The molecule has 59 heavy (non-hydrogen) atoms. The average Bonchev–Trinajstić information content (AvgIpc) is 3.70. The lowest BCUT2D eigenvalue weighted by atomic mass is 9.83. The summed E-state index contributed by atoms with van der Waals surface area (Å²) >= 11 is 0. The quantitative estimate of drug-likeness (QED) is 0.130. The van der Waals surface area contributed by atoms with Gasteiger partial charge >= 0.3 is 0 Å². The predicted octanol–water partition coefficient (Wildman–Crippen LogP) is 15.3. The van der Waals surface area contributed by atoms with E-state index in [9.17, 15) is 0 Å². The van der Waals surface area contributed by atoms with Crippen LogP contribution in [0.4, 0.5) is 0 Å². The van der Waals surface area contributed by atoms with Crippen LogP contribution in [0, 0.1) is 0 Å². The molecule has 3 nitrogen and oxygen atoms in total. The number of furan rings is 1. The molecular weight excluding hydrogens is 717 g/mol. The van der Waals surface area contributed by atoms with Crippen LogP contribution in [0.15, 0.2) is 211 Å². The molecule has 0 aliphatic carbocycles. The summed E-state index contributed by atoms with van der Waals surface area (Å²) in [5.74, 6) is 0.673. The SMILES string of the molecule is c1ccc(-c2nc(-c3ccc4cc(-c5c6ccccc6c(-c6ccccc6)c6ccc7ccccc7c56)ccc4c3)cc(-c3cccc4c3oc3ccccc34)n2)cc1. The van der Waals surface area contributed by atoms with Gasteiger partial charge in [-0.1, -0.05) is 176 Å². The third-order valence-corrected chi connectivity index (χ3v) is 11.8. The topological polar surface area (TPSA) is 38.9 Å². The van der Waals surface area contributed by atoms with E-state index < -0.39 is 0 Å². The zero-order valence-corrected chi connectivity index (χ0v) is 31.9. The van der Waals surface area contributed by atoms with Gasteiger partial charge in [0.2, 0.25) is 0 Å². The van der Waals surface area contributed by atoms with E-state index in [1.165, 1.54) is 60.0 Å². The van der Waals surface area contributed by atoms with Crippen molar-refractivity contribution in [3.63, 3.8) is 0 Å². The fourth-order valence-electron chi connectivity index (χ4n) is 9.12. The van der Waals surface area contributed by atoms with Gasteiger partial charge in [0.25, 0.3) is 0 Å². The van der Waals surface area contributed by atoms with Crippen molar-refractivity contribution in [1.82, 2.24) is 9.97 Å². The van der Waals surface area contributed by atoms with Crippen molar-refractivity contribution in [1.29, 1.82) is 0 Å². The van der Waals surface area contributed by atoms with Crippen LogP contribution in [0.5, 0.6) is 0 Å². The fourth-order valence-corrected chi connectivity index (χ4v) is 9.12. The molecule has 2 heterocycles. The van der Waals surface area contributed by atoms with Gasteiger partial charge in [-0.25, -0.2) is 9.97 Å². The van der Waals surface area contributed by atoms with E-state index in [2.05, 4.69) is 176 Å². The summed E-state index contributed by atoms with van der Waals surface area (Å²) in [6.07, 6.45) is 0. The summed E-state index contributed by atoms with van der Waals surface area (Å²) in [5, 5.41) is 12.0. The first kappa shape index (κ1) is 33.3. The van der Waals surface area contributed by atoms with Gasteiger partial charge in [-0.15, -0.1) is 0 Å². The third kappa shape index (κ3) is 5.44. The second-order valence-electron chi connectivity index (χ2n) is 15.3. The van der Waals surface area contributed by atoms with Crippen LogP contribution >= 0.6 is 0 Å². The normalized spacial score (nSPS) is 11.7. The zero-order chi connectivity index (χ0) is 38.9. The number of rotatable bonds is 5. The molecule has 274 valence electrons. The van der Waals surface area contributed by atoms with Crippen molar-refractivity contribution >= 4 is 65.0 Å². The minimum Gasteiger partial charge on any atom is -0.455 e. The van der Waals surface area contributed by atoms with Crippen LogP contribution in [0.2, 0.25) is 0 Å². The molecule has 12 aromatic rings. The molecule has 0 radical (unpaired) electrons. The van der Waals surface area contributed by atoms with E-state index in [-0.39, 0.29) is 0 Å². The van der Waals surface area contributed by atoms with Crippen LogP contribution in [0.1, 0.15) is 0 Å². The molecule has 12 rings (SSSR count). The van der Waals surface area contributed by atoms with Crippen molar-refractivity contribution < 1.29 is 4.42 Å². The first-order chi connectivity index (χ1) is 29.2. The van der Waals surface area contributed by atoms with Crippen molar-refractivity contribution in [3.05, 3.63) is 206 Å². The van der Waals surface area contributed by atoms with Crippen molar-refractivity contribution in [2.75, 3.05) is 0 Å². The molecule has 3 heteroatoms. The summed E-state index contributed by atoms with van der Waals surface area (Å²) in [7, 11) is 0. The minimum atomic E-state index is 0.673. The van der Waals surface area contributed by atoms with Crippen molar-refractivity contribution in [2.24, 2.45) is 0 Å². The maximum atomic E-state index is 6.48. The fraction of sp³-hybridized carbons (Fsp3) is 0. The van der Waals surface area contributed by atoms with Gasteiger partial charge in [0, 0.05) is 27.5 Å². The lowest BCUT2D eigenvalue weighted by molar-refractivity contribution is 0.670. The summed E-state index contributed by atoms with van der Waals surface area (Å²) in [5.41, 5.74) is 11.2. The molecule has 2 aromatic heterocycles. The number of hydrogen-bond donors (Lipinski definition) is 0. The summed E-state index contributed by atoms with van der Waals surface area (Å²) in [6.45, 7) is 0. The Balaban J connectivity index is 1.05. The molecule has 0 spiro atoms. The molecule has 0 atom stereocenters. The van der Waals surface area contributed by atoms with Crippen molar-refractivity contribution in [3.8, 4) is 56.2 Å². The smallest absolute Gasteiger partial charge is 0.160 e. The van der Waals surface area contributed by atoms with E-state index in [0.29, 0.717) is 5.82 Å². The largest absolute Gasteiger partial charge is 0.455 e. The zero-order valence-electron chi connectivity index (χ0n) is 31.9. The highest BCUT2D eigenvalue weighted by atomic mass is 16.3. The van der Waals surface area contributed by atoms with Crippen LogP contribution < -0.4 is 0 Å².